The molecule has 0 unspecified atom stereocenters. The van der Waals surface area contributed by atoms with Crippen LogP contribution < -0.4 is 10.4 Å². The van der Waals surface area contributed by atoms with Crippen LogP contribution in [0.5, 0.6) is 0 Å². The molecule has 0 aliphatic heterocycles. The van der Waals surface area contributed by atoms with Crippen LogP contribution in [0.1, 0.15) is 0 Å². The SMILES string of the molecule is OB(OF)c1ccc(N(c2cccc(-c3ccccc3)c2)c2ccc3c(c2)oc2ccccc23)cc1. The van der Waals surface area contributed by atoms with Crippen molar-refractivity contribution in [3.05, 3.63) is 121 Å². The maximum atomic E-state index is 12.5. The van der Waals surface area contributed by atoms with Crippen molar-refractivity contribution in [2.75, 3.05) is 4.90 Å². The molecule has 0 atom stereocenters. The van der Waals surface area contributed by atoms with Gasteiger partial charge in [-0.05, 0) is 59.1 Å². The summed E-state index contributed by atoms with van der Waals surface area (Å²) in [7, 11) is -1.62. The molecule has 1 heterocycles. The molecule has 0 amide bonds. The predicted octanol–water partition coefficient (Wildman–Crippen LogP) is 7.31. The van der Waals surface area contributed by atoms with Gasteiger partial charge in [-0.15, -0.1) is 0 Å². The Balaban J connectivity index is 1.50. The predicted molar refractivity (Wildman–Crippen MR) is 144 cm³/mol. The number of hydrogen-bond donors (Lipinski definition) is 1. The van der Waals surface area contributed by atoms with E-state index in [1.807, 2.05) is 66.7 Å². The third-order valence-corrected chi connectivity index (χ3v) is 6.35. The molecule has 1 aromatic heterocycles. The first kappa shape index (κ1) is 22.1. The van der Waals surface area contributed by atoms with E-state index < -0.39 is 7.12 Å². The smallest absolute Gasteiger partial charge is 0.456 e. The van der Waals surface area contributed by atoms with E-state index in [1.165, 1.54) is 0 Å². The summed E-state index contributed by atoms with van der Waals surface area (Å²) in [5.41, 5.74) is 6.84. The highest BCUT2D eigenvalue weighted by molar-refractivity contribution is 6.59. The second-order valence-electron chi connectivity index (χ2n) is 8.56. The lowest BCUT2D eigenvalue weighted by Gasteiger charge is -2.26. The number of hydrogen-bond acceptors (Lipinski definition) is 4. The number of anilines is 3. The summed E-state index contributed by atoms with van der Waals surface area (Å²) in [4.78, 5) is 5.68. The Hall–Kier alpha value is -4.39. The number of para-hydroxylation sites is 1. The van der Waals surface area contributed by atoms with Crippen molar-refractivity contribution in [3.63, 3.8) is 0 Å². The van der Waals surface area contributed by atoms with E-state index >= 15 is 0 Å². The zero-order valence-electron chi connectivity index (χ0n) is 19.2. The first-order valence-corrected chi connectivity index (χ1v) is 11.6. The van der Waals surface area contributed by atoms with Gasteiger partial charge >= 0.3 is 7.12 Å². The van der Waals surface area contributed by atoms with Crippen LogP contribution in [0.2, 0.25) is 0 Å². The largest absolute Gasteiger partial charge is 0.529 e. The number of halogens is 1. The number of benzene rings is 5. The minimum Gasteiger partial charge on any atom is -0.456 e. The molecule has 4 nitrogen and oxygen atoms in total. The van der Waals surface area contributed by atoms with Crippen molar-refractivity contribution in [2.45, 2.75) is 0 Å². The van der Waals surface area contributed by atoms with Crippen LogP contribution in [0.15, 0.2) is 126 Å². The van der Waals surface area contributed by atoms with Gasteiger partial charge in [-0.1, -0.05) is 77.3 Å². The highest BCUT2D eigenvalue weighted by Gasteiger charge is 2.20. The molecule has 6 rings (SSSR count). The normalized spacial score (nSPS) is 11.2. The van der Waals surface area contributed by atoms with Crippen molar-refractivity contribution in [2.24, 2.45) is 0 Å². The van der Waals surface area contributed by atoms with Crippen LogP contribution >= 0.6 is 0 Å². The lowest BCUT2D eigenvalue weighted by atomic mass is 9.80. The van der Waals surface area contributed by atoms with Gasteiger partial charge in [-0.25, -0.2) is 4.86 Å². The minimum absolute atomic E-state index is 0.326. The Morgan fingerprint density at radius 2 is 1.28 bits per heavy atom. The quantitative estimate of drug-likeness (QED) is 0.258. The summed E-state index contributed by atoms with van der Waals surface area (Å²) in [5, 5.41) is 11.8. The van der Waals surface area contributed by atoms with Crippen LogP contribution in [0.3, 0.4) is 0 Å². The van der Waals surface area contributed by atoms with E-state index in [1.54, 1.807) is 12.1 Å². The van der Waals surface area contributed by atoms with E-state index in [0.29, 0.717) is 5.46 Å². The lowest BCUT2D eigenvalue weighted by molar-refractivity contribution is -0.0267. The topological polar surface area (TPSA) is 45.8 Å². The summed E-state index contributed by atoms with van der Waals surface area (Å²) in [5.74, 6) is 0. The molecule has 5 aromatic carbocycles. The minimum atomic E-state index is -1.62. The molecule has 6 aromatic rings. The fraction of sp³-hybridized carbons (Fsp3) is 0. The number of fused-ring (bicyclic) bond motifs is 3. The van der Waals surface area contributed by atoms with Gasteiger partial charge < -0.3 is 14.3 Å². The first-order valence-electron chi connectivity index (χ1n) is 11.6. The van der Waals surface area contributed by atoms with Gasteiger partial charge in [0.2, 0.25) is 0 Å². The number of furan rings is 1. The molecule has 0 spiro atoms. The van der Waals surface area contributed by atoms with Gasteiger partial charge in [-0.3, -0.25) is 0 Å². The van der Waals surface area contributed by atoms with Crippen LogP contribution in [0.4, 0.5) is 21.6 Å². The van der Waals surface area contributed by atoms with E-state index in [0.717, 1.165) is 50.1 Å². The van der Waals surface area contributed by atoms with E-state index in [4.69, 9.17) is 4.42 Å². The molecule has 0 radical (unpaired) electrons. The fourth-order valence-corrected chi connectivity index (χ4v) is 4.60. The molecule has 1 N–H and O–H groups in total. The third kappa shape index (κ3) is 4.03. The van der Waals surface area contributed by atoms with Gasteiger partial charge in [0.25, 0.3) is 0 Å². The highest BCUT2D eigenvalue weighted by atomic mass is 19.3. The van der Waals surface area contributed by atoms with Crippen LogP contribution in [0, 0.1) is 0 Å². The van der Waals surface area contributed by atoms with Crippen LogP contribution in [-0.4, -0.2) is 12.1 Å². The Bertz CT molecular complexity index is 1650. The molecule has 0 saturated heterocycles. The summed E-state index contributed by atoms with van der Waals surface area (Å²) < 4.78 is 18.7. The van der Waals surface area contributed by atoms with Gasteiger partial charge in [-0.2, -0.15) is 0 Å². The summed E-state index contributed by atoms with van der Waals surface area (Å²) >= 11 is 0. The van der Waals surface area contributed by atoms with Crippen LogP contribution in [-0.2, 0) is 4.86 Å². The molecule has 36 heavy (non-hydrogen) atoms. The average molecular weight is 473 g/mol. The first-order chi connectivity index (χ1) is 17.7. The average Bonchev–Trinajstić information content (AvgIpc) is 3.32. The Morgan fingerprint density at radius 3 is 2.08 bits per heavy atom. The fourth-order valence-electron chi connectivity index (χ4n) is 4.60. The highest BCUT2D eigenvalue weighted by Crippen LogP contribution is 2.39. The van der Waals surface area contributed by atoms with E-state index in [9.17, 15) is 9.55 Å². The second-order valence-corrected chi connectivity index (χ2v) is 8.56. The van der Waals surface area contributed by atoms with Crippen molar-refractivity contribution >= 4 is 51.6 Å². The summed E-state index contributed by atoms with van der Waals surface area (Å²) in [6, 6.07) is 39.6. The Labute approximate surface area is 207 Å². The molecule has 6 heteroatoms. The van der Waals surface area contributed by atoms with Crippen LogP contribution in [0.25, 0.3) is 33.1 Å². The molecular formula is C30H21BFNO3. The summed E-state index contributed by atoms with van der Waals surface area (Å²) in [6.45, 7) is 0. The zero-order valence-corrected chi connectivity index (χ0v) is 19.2. The van der Waals surface area contributed by atoms with Crippen molar-refractivity contribution < 1.29 is 18.8 Å². The molecule has 0 saturated carbocycles. The lowest BCUT2D eigenvalue weighted by Crippen LogP contribution is -2.31. The molecule has 0 aliphatic rings. The number of nitrogens with zero attached hydrogens (tertiary/aromatic N) is 1. The zero-order chi connectivity index (χ0) is 24.5. The molecular weight excluding hydrogens is 452 g/mol. The molecule has 0 aliphatic carbocycles. The van der Waals surface area contributed by atoms with Gasteiger partial charge in [0, 0.05) is 33.9 Å². The number of rotatable bonds is 6. The molecule has 174 valence electrons. The Morgan fingerprint density at radius 1 is 0.611 bits per heavy atom. The van der Waals surface area contributed by atoms with E-state index in [-0.39, 0.29) is 0 Å². The standard InChI is InChI=1S/C30H21BFNO3/c32-36-31(34)23-13-15-24(16-14-23)33(25-10-6-9-22(19-25)21-7-2-1-3-8-21)26-17-18-28-27-11-4-5-12-29(27)35-30(28)20-26/h1-20,34H. The molecule has 0 bridgehead atoms. The van der Waals surface area contributed by atoms with Crippen molar-refractivity contribution in [3.8, 4) is 11.1 Å². The van der Waals surface area contributed by atoms with E-state index in [2.05, 4.69) is 52.2 Å². The van der Waals surface area contributed by atoms with Gasteiger partial charge in [0.15, 0.2) is 0 Å². The maximum absolute atomic E-state index is 12.5. The third-order valence-electron chi connectivity index (χ3n) is 6.35. The second kappa shape index (κ2) is 9.34. The summed E-state index contributed by atoms with van der Waals surface area (Å²) in [6.07, 6.45) is 0. The molecule has 0 fully saturated rings. The van der Waals surface area contributed by atoms with Gasteiger partial charge in [0.05, 0.1) is 0 Å². The van der Waals surface area contributed by atoms with Gasteiger partial charge in [0.1, 0.15) is 11.2 Å². The van der Waals surface area contributed by atoms with Crippen molar-refractivity contribution in [1.82, 2.24) is 0 Å². The Kier molecular flexibility index (Phi) is 5.73. The monoisotopic (exact) mass is 473 g/mol. The maximum Gasteiger partial charge on any atom is 0.529 e. The van der Waals surface area contributed by atoms with Crippen molar-refractivity contribution in [1.29, 1.82) is 0 Å².